The van der Waals surface area contributed by atoms with E-state index < -0.39 is 16.0 Å². The minimum absolute atomic E-state index is 0.0709. The zero-order valence-electron chi connectivity index (χ0n) is 10.6. The van der Waals surface area contributed by atoms with Gasteiger partial charge in [0.05, 0.1) is 18.0 Å². The van der Waals surface area contributed by atoms with Gasteiger partial charge in [-0.05, 0) is 25.5 Å². The third kappa shape index (κ3) is 5.60. The summed E-state index contributed by atoms with van der Waals surface area (Å²) in [7, 11) is -3.56. The van der Waals surface area contributed by atoms with E-state index in [0.717, 1.165) is 0 Å². The first-order chi connectivity index (χ1) is 8.94. The number of nitrogens with one attached hydrogen (secondary N) is 1. The average molecular weight is 287 g/mol. The molecule has 0 spiro atoms. The van der Waals surface area contributed by atoms with Crippen LogP contribution in [0.3, 0.4) is 0 Å². The van der Waals surface area contributed by atoms with Gasteiger partial charge < -0.3 is 9.84 Å². The van der Waals surface area contributed by atoms with Gasteiger partial charge in [0.1, 0.15) is 5.75 Å². The van der Waals surface area contributed by atoms with Crippen LogP contribution in [0.15, 0.2) is 24.3 Å². The molecule has 0 amide bonds. The molecule has 106 valence electrons. The normalized spacial score (nSPS) is 11.0. The van der Waals surface area contributed by atoms with Gasteiger partial charge in [0.15, 0.2) is 0 Å². The van der Waals surface area contributed by atoms with Crippen LogP contribution in [0.2, 0.25) is 0 Å². The lowest BCUT2D eigenvalue weighted by molar-refractivity contribution is -0.137. The molecule has 0 aliphatic carbocycles. The lowest BCUT2D eigenvalue weighted by Gasteiger charge is -2.12. The number of hydrogen-bond acceptors (Lipinski definition) is 4. The monoisotopic (exact) mass is 287 g/mol. The van der Waals surface area contributed by atoms with Crippen LogP contribution in [0.25, 0.3) is 0 Å². The number of hydrogen-bond donors (Lipinski definition) is 2. The van der Waals surface area contributed by atoms with Gasteiger partial charge in [0.2, 0.25) is 10.0 Å². The lowest BCUT2D eigenvalue weighted by Crippen LogP contribution is -2.18. The fourth-order valence-electron chi connectivity index (χ4n) is 1.46. The summed E-state index contributed by atoms with van der Waals surface area (Å²) in [5.41, 5.74) is 0.361. The minimum Gasteiger partial charge on any atom is -0.492 e. The van der Waals surface area contributed by atoms with Gasteiger partial charge in [-0.15, -0.1) is 0 Å². The van der Waals surface area contributed by atoms with Crippen LogP contribution in [-0.2, 0) is 14.8 Å². The van der Waals surface area contributed by atoms with Crippen LogP contribution in [0.5, 0.6) is 5.75 Å². The Balaban J connectivity index is 2.69. The first-order valence-electron chi connectivity index (χ1n) is 5.88. The van der Waals surface area contributed by atoms with Gasteiger partial charge in [-0.25, -0.2) is 8.42 Å². The Morgan fingerprint density at radius 3 is 2.68 bits per heavy atom. The predicted octanol–water partition coefficient (Wildman–Crippen LogP) is 1.69. The quantitative estimate of drug-likeness (QED) is 0.759. The number of rotatable bonds is 8. The van der Waals surface area contributed by atoms with Crippen molar-refractivity contribution >= 4 is 21.7 Å². The molecule has 0 atom stereocenters. The van der Waals surface area contributed by atoms with Gasteiger partial charge in [0, 0.05) is 6.42 Å². The summed E-state index contributed by atoms with van der Waals surface area (Å²) in [5.74, 6) is -0.795. The molecular formula is C12H17NO5S. The highest BCUT2D eigenvalue weighted by molar-refractivity contribution is 7.92. The number of benzene rings is 1. The molecule has 0 heterocycles. The van der Waals surface area contributed by atoms with Crippen molar-refractivity contribution in [3.63, 3.8) is 0 Å². The van der Waals surface area contributed by atoms with Crippen LogP contribution < -0.4 is 9.46 Å². The Kier molecular flexibility index (Phi) is 5.62. The molecule has 0 radical (unpaired) electrons. The third-order valence-electron chi connectivity index (χ3n) is 2.26. The summed E-state index contributed by atoms with van der Waals surface area (Å²) in [6.45, 7) is 2.23. The number of aliphatic carboxylic acids is 1. The highest BCUT2D eigenvalue weighted by atomic mass is 32.2. The third-order valence-corrected chi connectivity index (χ3v) is 3.61. The number of carbonyl (C=O) groups is 1. The van der Waals surface area contributed by atoms with Crippen molar-refractivity contribution in [2.75, 3.05) is 17.1 Å². The number of carboxylic acid groups (broad SMARTS) is 1. The van der Waals surface area contributed by atoms with Crippen LogP contribution >= 0.6 is 0 Å². The number of carboxylic acids is 1. The first kappa shape index (κ1) is 15.3. The van der Waals surface area contributed by atoms with Crippen molar-refractivity contribution in [1.82, 2.24) is 0 Å². The van der Waals surface area contributed by atoms with Crippen molar-refractivity contribution in [3.8, 4) is 5.75 Å². The summed E-state index contributed by atoms with van der Waals surface area (Å²) in [5, 5.41) is 8.48. The van der Waals surface area contributed by atoms with Crippen LogP contribution in [-0.4, -0.2) is 31.9 Å². The van der Waals surface area contributed by atoms with Crippen LogP contribution in [0, 0.1) is 0 Å². The first-order valence-corrected chi connectivity index (χ1v) is 7.54. The molecule has 19 heavy (non-hydrogen) atoms. The number of sulfonamides is 1. The maximum absolute atomic E-state index is 11.8. The Labute approximate surface area is 112 Å². The highest BCUT2D eigenvalue weighted by Gasteiger charge is 2.13. The van der Waals surface area contributed by atoms with Gasteiger partial charge >= 0.3 is 5.97 Å². The minimum atomic E-state index is -3.56. The molecule has 0 aromatic heterocycles. The van der Waals surface area contributed by atoms with E-state index in [-0.39, 0.29) is 18.6 Å². The van der Waals surface area contributed by atoms with E-state index >= 15 is 0 Å². The molecule has 1 rings (SSSR count). The predicted molar refractivity (Wildman–Crippen MR) is 71.9 cm³/mol. The van der Waals surface area contributed by atoms with Crippen molar-refractivity contribution < 1.29 is 23.1 Å². The Bertz CT molecular complexity index is 527. The second-order valence-corrected chi connectivity index (χ2v) is 5.69. The highest BCUT2D eigenvalue weighted by Crippen LogP contribution is 2.24. The fraction of sp³-hybridized carbons (Fsp3) is 0.417. The largest absolute Gasteiger partial charge is 0.492 e. The molecule has 0 saturated heterocycles. The molecule has 2 N–H and O–H groups in total. The molecule has 1 aromatic carbocycles. The summed E-state index contributed by atoms with van der Waals surface area (Å²) in [6, 6.07) is 6.70. The standard InChI is InChI=1S/C12H17NO5S/c1-2-18-11-7-4-3-6-10(11)13-19(16,17)9-5-8-12(14)15/h3-4,6-7,13H,2,5,8-9H2,1H3,(H,14,15). The lowest BCUT2D eigenvalue weighted by atomic mass is 10.3. The molecule has 6 nitrogen and oxygen atoms in total. The second kappa shape index (κ2) is 6.98. The molecule has 7 heteroatoms. The fourth-order valence-corrected chi connectivity index (χ4v) is 2.59. The maximum Gasteiger partial charge on any atom is 0.303 e. The average Bonchev–Trinajstić information content (AvgIpc) is 2.31. The maximum atomic E-state index is 11.8. The second-order valence-electron chi connectivity index (χ2n) is 3.85. The number of para-hydroxylation sites is 2. The Morgan fingerprint density at radius 1 is 1.37 bits per heavy atom. The topological polar surface area (TPSA) is 92.7 Å². The molecule has 0 bridgehead atoms. The Morgan fingerprint density at radius 2 is 2.05 bits per heavy atom. The Hall–Kier alpha value is -1.76. The molecule has 0 saturated carbocycles. The van der Waals surface area contributed by atoms with Gasteiger partial charge in [-0.3, -0.25) is 9.52 Å². The van der Waals surface area contributed by atoms with Crippen molar-refractivity contribution in [3.05, 3.63) is 24.3 Å². The summed E-state index contributed by atoms with van der Waals surface area (Å²) < 4.78 is 31.3. The molecule has 1 aromatic rings. The summed E-state index contributed by atoms with van der Waals surface area (Å²) >= 11 is 0. The molecule has 0 aliphatic rings. The molecule has 0 aliphatic heterocycles. The zero-order valence-corrected chi connectivity index (χ0v) is 11.4. The molecular weight excluding hydrogens is 270 g/mol. The van der Waals surface area contributed by atoms with E-state index in [9.17, 15) is 13.2 Å². The number of anilines is 1. The van der Waals surface area contributed by atoms with Gasteiger partial charge in [-0.1, -0.05) is 12.1 Å². The van der Waals surface area contributed by atoms with Gasteiger partial charge in [-0.2, -0.15) is 0 Å². The van der Waals surface area contributed by atoms with Crippen molar-refractivity contribution in [2.45, 2.75) is 19.8 Å². The summed E-state index contributed by atoms with van der Waals surface area (Å²) in [6.07, 6.45) is -0.102. The van der Waals surface area contributed by atoms with E-state index in [1.54, 1.807) is 31.2 Å². The van der Waals surface area contributed by atoms with E-state index in [1.165, 1.54) is 0 Å². The van der Waals surface area contributed by atoms with Crippen LogP contribution in [0.4, 0.5) is 5.69 Å². The summed E-state index contributed by atoms with van der Waals surface area (Å²) in [4.78, 5) is 10.3. The smallest absolute Gasteiger partial charge is 0.303 e. The molecule has 0 fully saturated rings. The number of ether oxygens (including phenoxy) is 1. The van der Waals surface area contributed by atoms with Crippen molar-refractivity contribution in [1.29, 1.82) is 0 Å². The zero-order chi connectivity index (χ0) is 14.3. The van der Waals surface area contributed by atoms with E-state index in [0.29, 0.717) is 18.0 Å². The van der Waals surface area contributed by atoms with Crippen molar-refractivity contribution in [2.24, 2.45) is 0 Å². The van der Waals surface area contributed by atoms with Gasteiger partial charge in [0.25, 0.3) is 0 Å². The van der Waals surface area contributed by atoms with E-state index in [1.807, 2.05) is 0 Å². The SMILES string of the molecule is CCOc1ccccc1NS(=O)(=O)CCCC(=O)O. The van der Waals surface area contributed by atoms with E-state index in [4.69, 9.17) is 9.84 Å². The van der Waals surface area contributed by atoms with E-state index in [2.05, 4.69) is 4.72 Å². The molecule has 0 unspecified atom stereocenters. The van der Waals surface area contributed by atoms with Crippen LogP contribution in [0.1, 0.15) is 19.8 Å².